The van der Waals surface area contributed by atoms with Crippen LogP contribution in [-0.4, -0.2) is 22.9 Å². The highest BCUT2D eigenvalue weighted by atomic mass is 79.9. The number of hydrogen-bond donors (Lipinski definition) is 0. The van der Waals surface area contributed by atoms with Crippen molar-refractivity contribution in [3.63, 3.8) is 0 Å². The highest BCUT2D eigenvalue weighted by Crippen LogP contribution is 2.23. The third kappa shape index (κ3) is 2.76. The molecule has 1 unspecified atom stereocenters. The molecule has 1 aliphatic rings. The van der Waals surface area contributed by atoms with Crippen LogP contribution in [0.3, 0.4) is 0 Å². The molecule has 2 heterocycles. The zero-order valence-corrected chi connectivity index (χ0v) is 11.4. The standard InChI is InChI=1S/C13H19BrN2/c1-11-6-5-8-13(15-11)16-9-4-2-3-7-12(16)10-14/h5-6,8,12H,2-4,7,9-10H2,1H3. The molecule has 0 aromatic carbocycles. The van der Waals surface area contributed by atoms with E-state index in [9.17, 15) is 0 Å². The van der Waals surface area contributed by atoms with E-state index < -0.39 is 0 Å². The first kappa shape index (κ1) is 11.9. The van der Waals surface area contributed by atoms with E-state index in [1.54, 1.807) is 0 Å². The van der Waals surface area contributed by atoms with Gasteiger partial charge in [-0.05, 0) is 31.9 Å². The van der Waals surface area contributed by atoms with E-state index in [1.165, 1.54) is 25.7 Å². The molecule has 1 fully saturated rings. The van der Waals surface area contributed by atoms with Crippen LogP contribution in [0.4, 0.5) is 5.82 Å². The summed E-state index contributed by atoms with van der Waals surface area (Å²) in [7, 11) is 0. The number of pyridine rings is 1. The summed E-state index contributed by atoms with van der Waals surface area (Å²) in [5.41, 5.74) is 1.11. The monoisotopic (exact) mass is 282 g/mol. The molecule has 1 atom stereocenters. The van der Waals surface area contributed by atoms with E-state index in [-0.39, 0.29) is 0 Å². The van der Waals surface area contributed by atoms with Gasteiger partial charge < -0.3 is 4.90 Å². The third-order valence-corrected chi connectivity index (χ3v) is 3.97. The molecule has 1 aliphatic heterocycles. The number of alkyl halides is 1. The molecule has 2 rings (SSSR count). The van der Waals surface area contributed by atoms with Crippen molar-refractivity contribution in [3.05, 3.63) is 23.9 Å². The Labute approximate surface area is 106 Å². The first-order valence-electron chi connectivity index (χ1n) is 6.07. The summed E-state index contributed by atoms with van der Waals surface area (Å²) < 4.78 is 0. The highest BCUT2D eigenvalue weighted by Gasteiger charge is 2.20. The molecule has 0 spiro atoms. The largest absolute Gasteiger partial charge is 0.353 e. The van der Waals surface area contributed by atoms with Crippen molar-refractivity contribution in [1.29, 1.82) is 0 Å². The van der Waals surface area contributed by atoms with Gasteiger partial charge in [0.15, 0.2) is 0 Å². The minimum absolute atomic E-state index is 0.608. The van der Waals surface area contributed by atoms with Crippen LogP contribution in [0.15, 0.2) is 18.2 Å². The van der Waals surface area contributed by atoms with Crippen LogP contribution >= 0.6 is 15.9 Å². The van der Waals surface area contributed by atoms with Gasteiger partial charge in [-0.25, -0.2) is 4.98 Å². The normalized spacial score (nSPS) is 21.9. The number of halogens is 1. The molecular formula is C13H19BrN2. The smallest absolute Gasteiger partial charge is 0.129 e. The van der Waals surface area contributed by atoms with Crippen molar-refractivity contribution < 1.29 is 0 Å². The fourth-order valence-corrected chi connectivity index (χ4v) is 3.00. The maximum atomic E-state index is 4.64. The van der Waals surface area contributed by atoms with Gasteiger partial charge >= 0.3 is 0 Å². The van der Waals surface area contributed by atoms with E-state index in [0.29, 0.717) is 6.04 Å². The molecule has 0 saturated carbocycles. The molecule has 0 N–H and O–H groups in total. The van der Waals surface area contributed by atoms with Crippen molar-refractivity contribution in [2.45, 2.75) is 38.6 Å². The lowest BCUT2D eigenvalue weighted by Crippen LogP contribution is -2.36. The lowest BCUT2D eigenvalue weighted by molar-refractivity contribution is 0.621. The summed E-state index contributed by atoms with van der Waals surface area (Å²) in [6.07, 6.45) is 5.27. The molecule has 1 aromatic heterocycles. The maximum absolute atomic E-state index is 4.64. The number of anilines is 1. The van der Waals surface area contributed by atoms with Gasteiger partial charge in [0.05, 0.1) is 0 Å². The van der Waals surface area contributed by atoms with Gasteiger partial charge in [0, 0.05) is 23.6 Å². The number of aryl methyl sites for hydroxylation is 1. The molecule has 0 aliphatic carbocycles. The zero-order chi connectivity index (χ0) is 11.4. The lowest BCUT2D eigenvalue weighted by Gasteiger charge is -2.30. The maximum Gasteiger partial charge on any atom is 0.129 e. The van der Waals surface area contributed by atoms with E-state index >= 15 is 0 Å². The Morgan fingerprint density at radius 2 is 2.25 bits per heavy atom. The van der Waals surface area contributed by atoms with E-state index in [0.717, 1.165) is 23.4 Å². The van der Waals surface area contributed by atoms with Crippen molar-refractivity contribution in [3.8, 4) is 0 Å². The topological polar surface area (TPSA) is 16.1 Å². The number of rotatable bonds is 2. The Morgan fingerprint density at radius 1 is 1.38 bits per heavy atom. The predicted octanol–water partition coefficient (Wildman–Crippen LogP) is 3.53. The van der Waals surface area contributed by atoms with Crippen molar-refractivity contribution in [1.82, 2.24) is 4.98 Å². The second-order valence-corrected chi connectivity index (χ2v) is 5.14. The van der Waals surface area contributed by atoms with E-state index in [1.807, 2.05) is 0 Å². The minimum atomic E-state index is 0.608. The van der Waals surface area contributed by atoms with Gasteiger partial charge in [0.25, 0.3) is 0 Å². The molecule has 3 heteroatoms. The average Bonchev–Trinajstić information content (AvgIpc) is 2.53. The molecule has 1 saturated heterocycles. The van der Waals surface area contributed by atoms with Crippen molar-refractivity contribution in [2.24, 2.45) is 0 Å². The summed E-state index contributed by atoms with van der Waals surface area (Å²) in [4.78, 5) is 7.11. The van der Waals surface area contributed by atoms with Crippen LogP contribution in [-0.2, 0) is 0 Å². The summed E-state index contributed by atoms with van der Waals surface area (Å²) in [5, 5.41) is 1.04. The Morgan fingerprint density at radius 3 is 3.00 bits per heavy atom. The summed E-state index contributed by atoms with van der Waals surface area (Å²) >= 11 is 3.63. The van der Waals surface area contributed by atoms with Gasteiger partial charge in [-0.2, -0.15) is 0 Å². The Hall–Kier alpha value is -0.570. The number of nitrogens with zero attached hydrogens (tertiary/aromatic N) is 2. The van der Waals surface area contributed by atoms with E-state index in [2.05, 4.69) is 50.9 Å². The molecule has 0 bridgehead atoms. The minimum Gasteiger partial charge on any atom is -0.353 e. The Bertz CT molecular complexity index is 340. The summed E-state index contributed by atoms with van der Waals surface area (Å²) in [5.74, 6) is 1.14. The molecule has 0 radical (unpaired) electrons. The van der Waals surface area contributed by atoms with E-state index in [4.69, 9.17) is 0 Å². The van der Waals surface area contributed by atoms with Crippen LogP contribution in [0.1, 0.15) is 31.4 Å². The lowest BCUT2D eigenvalue weighted by atomic mass is 10.1. The zero-order valence-electron chi connectivity index (χ0n) is 9.82. The fourth-order valence-electron chi connectivity index (χ4n) is 2.33. The molecule has 2 nitrogen and oxygen atoms in total. The van der Waals surface area contributed by atoms with Crippen LogP contribution in [0.2, 0.25) is 0 Å². The first-order chi connectivity index (χ1) is 7.81. The molecule has 88 valence electrons. The molecule has 16 heavy (non-hydrogen) atoms. The SMILES string of the molecule is Cc1cccc(N2CCCCCC2CBr)n1. The van der Waals surface area contributed by atoms with Crippen molar-refractivity contribution >= 4 is 21.7 Å². The van der Waals surface area contributed by atoms with Crippen molar-refractivity contribution in [2.75, 3.05) is 16.8 Å². The predicted molar refractivity (Wildman–Crippen MR) is 72.4 cm³/mol. The summed E-state index contributed by atoms with van der Waals surface area (Å²) in [6, 6.07) is 6.91. The van der Waals surface area contributed by atoms with Crippen LogP contribution in [0, 0.1) is 6.92 Å². The fraction of sp³-hybridized carbons (Fsp3) is 0.615. The third-order valence-electron chi connectivity index (χ3n) is 3.22. The van der Waals surface area contributed by atoms with Crippen LogP contribution < -0.4 is 4.90 Å². The van der Waals surface area contributed by atoms with Crippen LogP contribution in [0.5, 0.6) is 0 Å². The van der Waals surface area contributed by atoms with Gasteiger partial charge in [-0.1, -0.05) is 34.8 Å². The first-order valence-corrected chi connectivity index (χ1v) is 7.19. The quantitative estimate of drug-likeness (QED) is 0.772. The van der Waals surface area contributed by atoms with Gasteiger partial charge in [0.1, 0.15) is 5.82 Å². The Kier molecular flexibility index (Phi) is 4.22. The highest BCUT2D eigenvalue weighted by molar-refractivity contribution is 9.09. The molecular weight excluding hydrogens is 264 g/mol. The molecule has 0 amide bonds. The van der Waals surface area contributed by atoms with Gasteiger partial charge in [0.2, 0.25) is 0 Å². The van der Waals surface area contributed by atoms with Gasteiger partial charge in [-0.15, -0.1) is 0 Å². The average molecular weight is 283 g/mol. The number of aromatic nitrogens is 1. The Balaban J connectivity index is 2.21. The number of hydrogen-bond acceptors (Lipinski definition) is 2. The summed E-state index contributed by atoms with van der Waals surface area (Å²) in [6.45, 7) is 3.21. The second kappa shape index (κ2) is 5.67. The molecule has 1 aromatic rings. The second-order valence-electron chi connectivity index (χ2n) is 4.49. The van der Waals surface area contributed by atoms with Crippen LogP contribution in [0.25, 0.3) is 0 Å². The van der Waals surface area contributed by atoms with Gasteiger partial charge in [-0.3, -0.25) is 0 Å².